The summed E-state index contributed by atoms with van der Waals surface area (Å²) in [6.07, 6.45) is 7.44. The fourth-order valence-corrected chi connectivity index (χ4v) is 5.10. The molecule has 3 rings (SSSR count). The van der Waals surface area contributed by atoms with Gasteiger partial charge in [-0.3, -0.25) is 4.79 Å². The molecule has 3 aliphatic rings. The molecule has 7 nitrogen and oxygen atoms in total. The third kappa shape index (κ3) is 4.09. The van der Waals surface area contributed by atoms with Crippen LogP contribution >= 0.6 is 0 Å². The molecule has 1 spiro atoms. The first-order valence-electron chi connectivity index (χ1n) is 8.92. The van der Waals surface area contributed by atoms with Crippen molar-refractivity contribution in [3.8, 4) is 0 Å². The van der Waals surface area contributed by atoms with Crippen molar-refractivity contribution in [1.29, 1.82) is 0 Å². The number of ether oxygens (including phenoxy) is 2. The Hall–Kier alpha value is -0.700. The van der Waals surface area contributed by atoms with Gasteiger partial charge in [0.15, 0.2) is 5.79 Å². The van der Waals surface area contributed by atoms with Crippen LogP contribution in [0, 0.1) is 0 Å². The number of hydrogen-bond donors (Lipinski definition) is 0. The van der Waals surface area contributed by atoms with Crippen LogP contribution in [0.1, 0.15) is 44.9 Å². The molecule has 0 aromatic heterocycles. The Morgan fingerprint density at radius 2 is 1.71 bits per heavy atom. The lowest BCUT2D eigenvalue weighted by molar-refractivity contribution is -0.187. The minimum Gasteiger partial charge on any atom is -0.347 e. The molecule has 0 bridgehead atoms. The van der Waals surface area contributed by atoms with Crippen molar-refractivity contribution in [1.82, 2.24) is 9.21 Å². The van der Waals surface area contributed by atoms with E-state index in [1.165, 1.54) is 10.6 Å². The van der Waals surface area contributed by atoms with Crippen LogP contribution < -0.4 is 0 Å². The third-order valence-electron chi connectivity index (χ3n) is 5.39. The summed E-state index contributed by atoms with van der Waals surface area (Å²) in [5.41, 5.74) is 0. The van der Waals surface area contributed by atoms with Gasteiger partial charge < -0.3 is 14.4 Å². The van der Waals surface area contributed by atoms with Gasteiger partial charge in [-0.25, -0.2) is 8.42 Å². The smallest absolute Gasteiger partial charge is 0.237 e. The molecule has 1 aliphatic carbocycles. The summed E-state index contributed by atoms with van der Waals surface area (Å²) < 4.78 is 37.1. The Labute approximate surface area is 144 Å². The van der Waals surface area contributed by atoms with Gasteiger partial charge >= 0.3 is 0 Å². The molecule has 1 saturated carbocycles. The van der Waals surface area contributed by atoms with E-state index in [0.29, 0.717) is 39.1 Å². The third-order valence-corrected chi connectivity index (χ3v) is 6.67. The second-order valence-corrected chi connectivity index (χ2v) is 9.02. The number of sulfonamides is 1. The zero-order valence-electron chi connectivity index (χ0n) is 14.4. The van der Waals surface area contributed by atoms with Crippen LogP contribution in [0.3, 0.4) is 0 Å². The Bertz CT molecular complexity index is 543. The van der Waals surface area contributed by atoms with Crippen molar-refractivity contribution in [3.05, 3.63) is 0 Å². The predicted octanol–water partition coefficient (Wildman–Crippen LogP) is 0.946. The Balaban J connectivity index is 1.59. The summed E-state index contributed by atoms with van der Waals surface area (Å²) in [6.45, 7) is 2.29. The molecular weight excluding hydrogens is 332 g/mol. The largest absolute Gasteiger partial charge is 0.347 e. The second-order valence-electron chi connectivity index (χ2n) is 7.09. The summed E-state index contributed by atoms with van der Waals surface area (Å²) in [5.74, 6) is -0.629. The predicted molar refractivity (Wildman–Crippen MR) is 88.9 cm³/mol. The molecule has 1 amide bonds. The molecule has 2 saturated heterocycles. The van der Waals surface area contributed by atoms with Crippen molar-refractivity contribution in [2.45, 2.75) is 56.8 Å². The first kappa shape index (κ1) is 18.1. The maximum Gasteiger partial charge on any atom is 0.237 e. The summed E-state index contributed by atoms with van der Waals surface area (Å²) in [7, 11) is -3.38. The highest BCUT2D eigenvalue weighted by molar-refractivity contribution is 7.88. The van der Waals surface area contributed by atoms with Gasteiger partial charge in [-0.1, -0.05) is 19.3 Å². The molecule has 0 atom stereocenters. The summed E-state index contributed by atoms with van der Waals surface area (Å²) in [5, 5.41) is 0. The number of amides is 1. The van der Waals surface area contributed by atoms with Gasteiger partial charge in [0.25, 0.3) is 0 Å². The number of likely N-dealkylation sites (tertiary alicyclic amines) is 1. The SMILES string of the molecule is CS(=O)(=O)N(CC(=O)N1CCC2(CC1)OCCO2)C1CCCCC1. The van der Waals surface area contributed by atoms with Crippen molar-refractivity contribution in [3.63, 3.8) is 0 Å². The van der Waals surface area contributed by atoms with E-state index >= 15 is 0 Å². The minimum atomic E-state index is -3.38. The highest BCUT2D eigenvalue weighted by Crippen LogP contribution is 2.31. The molecule has 0 radical (unpaired) electrons. The average Bonchev–Trinajstić information content (AvgIpc) is 3.01. The Morgan fingerprint density at radius 1 is 1.12 bits per heavy atom. The highest BCUT2D eigenvalue weighted by atomic mass is 32.2. The molecule has 8 heteroatoms. The number of rotatable bonds is 4. The molecule has 0 aromatic carbocycles. The van der Waals surface area contributed by atoms with Crippen molar-refractivity contribution in [2.24, 2.45) is 0 Å². The molecule has 0 aromatic rings. The van der Waals surface area contributed by atoms with E-state index < -0.39 is 15.8 Å². The van der Waals surface area contributed by atoms with Crippen LogP contribution in [0.25, 0.3) is 0 Å². The van der Waals surface area contributed by atoms with Crippen LogP contribution in [-0.2, 0) is 24.3 Å². The fourth-order valence-electron chi connectivity index (χ4n) is 4.00. The number of piperidine rings is 1. The Morgan fingerprint density at radius 3 is 2.25 bits per heavy atom. The van der Waals surface area contributed by atoms with Gasteiger partial charge in [-0.05, 0) is 12.8 Å². The minimum absolute atomic E-state index is 0.0321. The first-order valence-corrected chi connectivity index (χ1v) is 10.8. The van der Waals surface area contributed by atoms with Crippen molar-refractivity contribution >= 4 is 15.9 Å². The van der Waals surface area contributed by atoms with E-state index in [2.05, 4.69) is 0 Å². The lowest BCUT2D eigenvalue weighted by atomic mass is 9.95. The molecule has 0 unspecified atom stereocenters. The van der Waals surface area contributed by atoms with E-state index in [-0.39, 0.29) is 18.5 Å². The van der Waals surface area contributed by atoms with E-state index in [4.69, 9.17) is 9.47 Å². The normalized spacial score (nSPS) is 25.5. The van der Waals surface area contributed by atoms with Gasteiger partial charge in [0.05, 0.1) is 26.0 Å². The van der Waals surface area contributed by atoms with Gasteiger partial charge in [0, 0.05) is 32.0 Å². The number of carbonyl (C=O) groups excluding carboxylic acids is 1. The van der Waals surface area contributed by atoms with Crippen LogP contribution in [0.15, 0.2) is 0 Å². The van der Waals surface area contributed by atoms with E-state index in [1.54, 1.807) is 4.90 Å². The second kappa shape index (κ2) is 7.27. The molecular formula is C16H28N2O5S. The zero-order valence-corrected chi connectivity index (χ0v) is 15.2. The molecule has 138 valence electrons. The highest BCUT2D eigenvalue weighted by Gasteiger charge is 2.41. The van der Waals surface area contributed by atoms with Gasteiger partial charge in [0.2, 0.25) is 15.9 Å². The lowest BCUT2D eigenvalue weighted by Gasteiger charge is -2.39. The fraction of sp³-hybridized carbons (Fsp3) is 0.938. The summed E-state index contributed by atoms with van der Waals surface area (Å²) >= 11 is 0. The standard InChI is InChI=1S/C16H28N2O5S/c1-24(20,21)18(14-5-3-2-4-6-14)13-15(19)17-9-7-16(8-10-17)22-11-12-23-16/h14H,2-13H2,1H3. The monoisotopic (exact) mass is 360 g/mol. The van der Waals surface area contributed by atoms with Crippen LogP contribution in [0.2, 0.25) is 0 Å². The summed E-state index contributed by atoms with van der Waals surface area (Å²) in [4.78, 5) is 14.4. The number of carbonyl (C=O) groups is 1. The quantitative estimate of drug-likeness (QED) is 0.746. The molecule has 2 heterocycles. The Kier molecular flexibility index (Phi) is 5.48. The van der Waals surface area contributed by atoms with Crippen LogP contribution in [-0.4, -0.2) is 74.5 Å². The van der Waals surface area contributed by atoms with Crippen LogP contribution in [0.4, 0.5) is 0 Å². The first-order chi connectivity index (χ1) is 11.4. The summed E-state index contributed by atoms with van der Waals surface area (Å²) in [6, 6.07) is -0.0321. The van der Waals surface area contributed by atoms with E-state index in [0.717, 1.165) is 32.1 Å². The van der Waals surface area contributed by atoms with Crippen molar-refractivity contribution < 1.29 is 22.7 Å². The van der Waals surface area contributed by atoms with Crippen molar-refractivity contribution in [2.75, 3.05) is 39.1 Å². The van der Waals surface area contributed by atoms with Gasteiger partial charge in [-0.2, -0.15) is 4.31 Å². The maximum atomic E-state index is 12.6. The number of hydrogen-bond acceptors (Lipinski definition) is 5. The zero-order chi connectivity index (χ0) is 17.2. The van der Waals surface area contributed by atoms with E-state index in [9.17, 15) is 13.2 Å². The van der Waals surface area contributed by atoms with Gasteiger partial charge in [0.1, 0.15) is 0 Å². The average molecular weight is 360 g/mol. The maximum absolute atomic E-state index is 12.6. The van der Waals surface area contributed by atoms with Gasteiger partial charge in [-0.15, -0.1) is 0 Å². The molecule has 3 fully saturated rings. The lowest BCUT2D eigenvalue weighted by Crippen LogP contribution is -2.52. The topological polar surface area (TPSA) is 76.2 Å². The molecule has 2 aliphatic heterocycles. The molecule has 24 heavy (non-hydrogen) atoms. The molecule has 0 N–H and O–H groups in total. The van der Waals surface area contributed by atoms with Crippen LogP contribution in [0.5, 0.6) is 0 Å². The van der Waals surface area contributed by atoms with E-state index in [1.807, 2.05) is 0 Å². The number of nitrogens with zero attached hydrogens (tertiary/aromatic N) is 2.